The maximum absolute atomic E-state index is 14.3. The number of alkyl halides is 2. The summed E-state index contributed by atoms with van der Waals surface area (Å²) in [4.78, 5) is 16.4. The zero-order chi connectivity index (χ0) is 23.9. The van der Waals surface area contributed by atoms with Crippen molar-refractivity contribution in [3.63, 3.8) is 0 Å². The van der Waals surface area contributed by atoms with Crippen molar-refractivity contribution < 1.29 is 23.0 Å². The summed E-state index contributed by atoms with van der Waals surface area (Å²) in [5.74, 6) is -1.27. The van der Waals surface area contributed by atoms with Crippen molar-refractivity contribution in [3.05, 3.63) is 59.3 Å². The summed E-state index contributed by atoms with van der Waals surface area (Å²) in [6.07, 6.45) is 3.88. The van der Waals surface area contributed by atoms with Crippen LogP contribution in [0.5, 0.6) is 11.5 Å². The van der Waals surface area contributed by atoms with Crippen LogP contribution in [0.1, 0.15) is 54.8 Å². The minimum atomic E-state index is -2.58. The number of fused-ring (bicyclic) bond motifs is 1. The zero-order valence-corrected chi connectivity index (χ0v) is 19.6. The summed E-state index contributed by atoms with van der Waals surface area (Å²) in [5.41, 5.74) is 4.01. The van der Waals surface area contributed by atoms with E-state index in [0.29, 0.717) is 31.6 Å². The number of carbonyl (C=O) groups excluding carboxylic acids is 1. The smallest absolute Gasteiger partial charge is 0.298 e. The molecule has 1 aliphatic carbocycles. The molecule has 1 saturated heterocycles. The number of aryl methyl sites for hydroxylation is 1. The molecule has 2 heterocycles. The predicted molar refractivity (Wildman–Crippen MR) is 126 cm³/mol. The first-order valence-corrected chi connectivity index (χ1v) is 11.8. The minimum absolute atomic E-state index is 0.0204. The number of H-pyrrole nitrogens is 1. The average molecular weight is 469 g/mol. The predicted octanol–water partition coefficient (Wildman–Crippen LogP) is 6.16. The molecule has 3 aromatic rings. The van der Waals surface area contributed by atoms with Crippen molar-refractivity contribution in [2.75, 3.05) is 13.7 Å². The number of piperidine rings is 1. The van der Waals surface area contributed by atoms with Crippen LogP contribution in [0.15, 0.2) is 42.6 Å². The molecule has 7 heteroatoms. The number of methoxy groups -OCH3 is 1. The molecule has 180 valence electrons. The van der Waals surface area contributed by atoms with Gasteiger partial charge in [0.2, 0.25) is 5.92 Å². The van der Waals surface area contributed by atoms with E-state index >= 15 is 0 Å². The average Bonchev–Trinajstić information content (AvgIpc) is 3.42. The SMILES string of the molecule is COc1cc(C)c2[nH]ccc2c1CN1CCC2(CCC(F)(F)C2)C[C@@H]1c1ccc(OC=O)cc1. The van der Waals surface area contributed by atoms with E-state index in [4.69, 9.17) is 9.47 Å². The molecule has 1 spiro atoms. The van der Waals surface area contributed by atoms with Crippen LogP contribution in [0.25, 0.3) is 10.9 Å². The highest BCUT2D eigenvalue weighted by Crippen LogP contribution is 2.56. The molecule has 1 aromatic heterocycles. The Balaban J connectivity index is 1.51. The second-order valence-corrected chi connectivity index (χ2v) is 9.90. The van der Waals surface area contributed by atoms with E-state index in [0.717, 1.165) is 46.3 Å². The highest BCUT2D eigenvalue weighted by molar-refractivity contribution is 5.88. The van der Waals surface area contributed by atoms with E-state index < -0.39 is 5.92 Å². The molecule has 5 rings (SSSR count). The van der Waals surface area contributed by atoms with Gasteiger partial charge in [-0.25, -0.2) is 8.78 Å². The van der Waals surface area contributed by atoms with Gasteiger partial charge in [0.25, 0.3) is 6.47 Å². The fourth-order valence-electron chi connectivity index (χ4n) is 6.07. The first-order chi connectivity index (χ1) is 16.3. The molecule has 0 amide bonds. The number of rotatable bonds is 6. The van der Waals surface area contributed by atoms with E-state index in [1.54, 1.807) is 19.2 Å². The van der Waals surface area contributed by atoms with Crippen molar-refractivity contribution in [1.29, 1.82) is 0 Å². The van der Waals surface area contributed by atoms with E-state index in [1.165, 1.54) is 0 Å². The summed E-state index contributed by atoms with van der Waals surface area (Å²) in [6.45, 7) is 3.85. The lowest BCUT2D eigenvalue weighted by Gasteiger charge is -2.45. The Kier molecular flexibility index (Phi) is 5.84. The zero-order valence-electron chi connectivity index (χ0n) is 19.6. The first-order valence-electron chi connectivity index (χ1n) is 11.8. The van der Waals surface area contributed by atoms with Gasteiger partial charge in [0.15, 0.2) is 0 Å². The second kappa shape index (κ2) is 8.69. The fourth-order valence-corrected chi connectivity index (χ4v) is 6.07. The summed E-state index contributed by atoms with van der Waals surface area (Å²) in [7, 11) is 1.69. The largest absolute Gasteiger partial charge is 0.496 e. The van der Waals surface area contributed by atoms with Gasteiger partial charge in [-0.15, -0.1) is 0 Å². The third-order valence-corrected chi connectivity index (χ3v) is 7.79. The van der Waals surface area contributed by atoms with Gasteiger partial charge in [0.05, 0.1) is 7.11 Å². The molecule has 2 aromatic carbocycles. The van der Waals surface area contributed by atoms with Crippen molar-refractivity contribution >= 4 is 17.4 Å². The number of halogens is 2. The van der Waals surface area contributed by atoms with Gasteiger partial charge in [-0.1, -0.05) is 12.1 Å². The summed E-state index contributed by atoms with van der Waals surface area (Å²) in [5, 5.41) is 1.12. The number of hydrogen-bond acceptors (Lipinski definition) is 4. The number of nitrogens with one attached hydrogen (secondary N) is 1. The van der Waals surface area contributed by atoms with Crippen molar-refractivity contribution in [1.82, 2.24) is 9.88 Å². The molecule has 2 aliphatic rings. The van der Waals surface area contributed by atoms with Crippen LogP contribution in [0, 0.1) is 12.3 Å². The molecule has 1 N–H and O–H groups in total. The van der Waals surface area contributed by atoms with Crippen LogP contribution < -0.4 is 9.47 Å². The van der Waals surface area contributed by atoms with Gasteiger partial charge < -0.3 is 14.5 Å². The third kappa shape index (κ3) is 4.17. The molecule has 2 atom stereocenters. The highest BCUT2D eigenvalue weighted by Gasteiger charge is 2.52. The lowest BCUT2D eigenvalue weighted by Crippen LogP contribution is -2.41. The van der Waals surface area contributed by atoms with Crippen LogP contribution in [0.3, 0.4) is 0 Å². The summed E-state index contributed by atoms with van der Waals surface area (Å²) < 4.78 is 39.3. The molecular formula is C27H30F2N2O3. The fraction of sp³-hybridized carbons (Fsp3) is 0.444. The molecule has 1 aliphatic heterocycles. The first kappa shape index (κ1) is 22.8. The molecule has 0 radical (unpaired) electrons. The second-order valence-electron chi connectivity index (χ2n) is 9.90. The number of ether oxygens (including phenoxy) is 2. The van der Waals surface area contributed by atoms with Gasteiger partial charge >= 0.3 is 0 Å². The normalized spacial score (nSPS) is 24.5. The minimum Gasteiger partial charge on any atom is -0.496 e. The Labute approximate surface area is 198 Å². The van der Waals surface area contributed by atoms with E-state index in [1.807, 2.05) is 18.3 Å². The Morgan fingerprint density at radius 1 is 1.18 bits per heavy atom. The number of hydrogen-bond donors (Lipinski definition) is 1. The third-order valence-electron chi connectivity index (χ3n) is 7.79. The molecule has 1 saturated carbocycles. The van der Waals surface area contributed by atoms with Crippen LogP contribution in [0.2, 0.25) is 0 Å². The summed E-state index contributed by atoms with van der Waals surface area (Å²) in [6, 6.07) is 11.5. The Morgan fingerprint density at radius 3 is 2.65 bits per heavy atom. The lowest BCUT2D eigenvalue weighted by molar-refractivity contribution is -0.120. The van der Waals surface area contributed by atoms with Crippen molar-refractivity contribution in [2.24, 2.45) is 5.41 Å². The number of aromatic nitrogens is 1. The standard InChI is InChI=1S/C27H30F2N2O3/c1-18-13-24(33-2)22(21-7-11-30-25(18)21)15-31-12-10-26(8-9-27(28,29)16-26)14-23(31)19-3-5-20(6-4-19)34-17-32/h3-7,11,13,17,23,30H,8-10,12,14-16H2,1-2H3/t23-,26?/m1/s1. The number of aromatic amines is 1. The Morgan fingerprint density at radius 2 is 1.97 bits per heavy atom. The van der Waals surface area contributed by atoms with Gasteiger partial charge in [-0.3, -0.25) is 9.69 Å². The van der Waals surface area contributed by atoms with Crippen LogP contribution in [-0.2, 0) is 11.3 Å². The highest BCUT2D eigenvalue weighted by atomic mass is 19.3. The Hall–Kier alpha value is -2.93. The Bertz CT molecular complexity index is 1190. The summed E-state index contributed by atoms with van der Waals surface area (Å²) >= 11 is 0. The van der Waals surface area contributed by atoms with Crippen LogP contribution >= 0.6 is 0 Å². The maximum atomic E-state index is 14.3. The number of likely N-dealkylation sites (tertiary alicyclic amines) is 1. The molecule has 0 bridgehead atoms. The van der Waals surface area contributed by atoms with E-state index in [2.05, 4.69) is 28.9 Å². The van der Waals surface area contributed by atoms with Gasteiger partial charge in [0.1, 0.15) is 11.5 Å². The number of nitrogens with zero attached hydrogens (tertiary/aromatic N) is 1. The molecule has 5 nitrogen and oxygen atoms in total. The molecule has 34 heavy (non-hydrogen) atoms. The van der Waals surface area contributed by atoms with Gasteiger partial charge in [0, 0.05) is 48.1 Å². The van der Waals surface area contributed by atoms with E-state index in [-0.39, 0.29) is 24.3 Å². The molecule has 2 fully saturated rings. The lowest BCUT2D eigenvalue weighted by atomic mass is 9.72. The number of benzene rings is 2. The quantitative estimate of drug-likeness (QED) is 0.440. The monoisotopic (exact) mass is 468 g/mol. The van der Waals surface area contributed by atoms with Crippen LogP contribution in [0.4, 0.5) is 8.78 Å². The molecular weight excluding hydrogens is 438 g/mol. The van der Waals surface area contributed by atoms with Crippen molar-refractivity contribution in [3.8, 4) is 11.5 Å². The van der Waals surface area contributed by atoms with E-state index in [9.17, 15) is 13.6 Å². The van der Waals surface area contributed by atoms with Crippen LogP contribution in [-0.4, -0.2) is 35.9 Å². The van der Waals surface area contributed by atoms with Gasteiger partial charge in [-0.05, 0) is 73.5 Å². The van der Waals surface area contributed by atoms with Crippen molar-refractivity contribution in [2.45, 2.75) is 57.5 Å². The molecule has 1 unspecified atom stereocenters. The topological polar surface area (TPSA) is 54.6 Å². The maximum Gasteiger partial charge on any atom is 0.298 e. The van der Waals surface area contributed by atoms with Gasteiger partial charge in [-0.2, -0.15) is 0 Å². The number of carbonyl (C=O) groups is 1.